The molecule has 0 bridgehead atoms. The van der Waals surface area contributed by atoms with Crippen LogP contribution in [0.15, 0.2) is 48.5 Å². The summed E-state index contributed by atoms with van der Waals surface area (Å²) < 4.78 is 31.9. The molecule has 2 aromatic rings. The number of amides is 1. The van der Waals surface area contributed by atoms with Gasteiger partial charge in [-0.1, -0.05) is 48.5 Å². The molecule has 142 valence electrons. The molecule has 2 aromatic carbocycles. The minimum atomic E-state index is -3.37. The highest BCUT2D eigenvalue weighted by Gasteiger charge is 2.32. The highest BCUT2D eigenvalue weighted by Crippen LogP contribution is 2.44. The van der Waals surface area contributed by atoms with E-state index in [0.29, 0.717) is 0 Å². The maximum atomic E-state index is 13.3. The first kappa shape index (κ1) is 18.8. The Morgan fingerprint density at radius 3 is 2.15 bits per heavy atom. The molecule has 0 fully saturated rings. The maximum Gasteiger partial charge on any atom is 0.407 e. The zero-order valence-corrected chi connectivity index (χ0v) is 14.5. The SMILES string of the molecule is O=C(O)CC(F)(F)CCNC(=O)OCC1c2ccccc2-c2ccccc21. The number of hydrogen-bond donors (Lipinski definition) is 2. The van der Waals surface area contributed by atoms with Crippen molar-refractivity contribution in [3.8, 4) is 11.1 Å². The number of carbonyl (C=O) groups excluding carboxylic acids is 1. The predicted molar refractivity (Wildman–Crippen MR) is 94.9 cm³/mol. The van der Waals surface area contributed by atoms with Gasteiger partial charge in [-0.15, -0.1) is 0 Å². The number of aliphatic carboxylic acids is 1. The average Bonchev–Trinajstić information content (AvgIpc) is 2.93. The minimum absolute atomic E-state index is 0.0887. The Labute approximate surface area is 155 Å². The lowest BCUT2D eigenvalue weighted by Gasteiger charge is -2.16. The van der Waals surface area contributed by atoms with E-state index >= 15 is 0 Å². The van der Waals surface area contributed by atoms with E-state index in [1.807, 2.05) is 48.5 Å². The molecule has 0 atom stereocenters. The number of ether oxygens (including phenoxy) is 1. The van der Waals surface area contributed by atoms with Crippen molar-refractivity contribution < 1.29 is 28.2 Å². The summed E-state index contributed by atoms with van der Waals surface area (Å²) in [6, 6.07) is 15.7. The number of fused-ring (bicyclic) bond motifs is 3. The predicted octanol–water partition coefficient (Wildman–Crippen LogP) is 4.03. The van der Waals surface area contributed by atoms with Crippen molar-refractivity contribution >= 4 is 12.1 Å². The van der Waals surface area contributed by atoms with Crippen molar-refractivity contribution in [3.63, 3.8) is 0 Å². The van der Waals surface area contributed by atoms with Crippen LogP contribution in [0, 0.1) is 0 Å². The van der Waals surface area contributed by atoms with Crippen molar-refractivity contribution in [3.05, 3.63) is 59.7 Å². The smallest absolute Gasteiger partial charge is 0.407 e. The number of carboxylic acids is 1. The monoisotopic (exact) mass is 375 g/mol. The standard InChI is InChI=1S/C20H19F2NO4/c21-20(22,11-18(24)25)9-10-23-19(26)27-12-17-15-7-3-1-5-13(15)14-6-2-4-8-16(14)17/h1-8,17H,9-12H2,(H,23,26)(H,24,25). The number of nitrogens with one attached hydrogen (secondary N) is 1. The zero-order valence-electron chi connectivity index (χ0n) is 14.5. The molecule has 5 nitrogen and oxygen atoms in total. The number of alkyl carbamates (subject to hydrolysis) is 1. The lowest BCUT2D eigenvalue weighted by atomic mass is 9.98. The van der Waals surface area contributed by atoms with Crippen LogP contribution in [0.25, 0.3) is 11.1 Å². The molecule has 0 heterocycles. The van der Waals surface area contributed by atoms with Gasteiger partial charge in [-0.2, -0.15) is 0 Å². The van der Waals surface area contributed by atoms with Crippen LogP contribution in [0.1, 0.15) is 29.9 Å². The first-order valence-corrected chi connectivity index (χ1v) is 8.56. The fraction of sp³-hybridized carbons (Fsp3) is 0.300. The van der Waals surface area contributed by atoms with E-state index in [-0.39, 0.29) is 19.1 Å². The average molecular weight is 375 g/mol. The van der Waals surface area contributed by atoms with Gasteiger partial charge in [0.2, 0.25) is 0 Å². The molecular weight excluding hydrogens is 356 g/mol. The number of benzene rings is 2. The van der Waals surface area contributed by atoms with Crippen molar-refractivity contribution in [2.75, 3.05) is 13.2 Å². The van der Waals surface area contributed by atoms with Crippen molar-refractivity contribution in [2.24, 2.45) is 0 Å². The third kappa shape index (κ3) is 4.42. The Bertz CT molecular complexity index is 808. The van der Waals surface area contributed by atoms with E-state index in [1.165, 1.54) is 0 Å². The van der Waals surface area contributed by atoms with E-state index < -0.39 is 30.8 Å². The van der Waals surface area contributed by atoms with Crippen LogP contribution in [0.3, 0.4) is 0 Å². The molecule has 1 amide bonds. The van der Waals surface area contributed by atoms with Gasteiger partial charge in [0.1, 0.15) is 13.0 Å². The number of carbonyl (C=O) groups is 2. The maximum absolute atomic E-state index is 13.3. The molecule has 2 N–H and O–H groups in total. The number of carboxylic acid groups (broad SMARTS) is 1. The summed E-state index contributed by atoms with van der Waals surface area (Å²) in [7, 11) is 0. The second-order valence-electron chi connectivity index (χ2n) is 6.43. The molecule has 1 aliphatic rings. The molecule has 0 unspecified atom stereocenters. The van der Waals surface area contributed by atoms with Gasteiger partial charge < -0.3 is 15.2 Å². The lowest BCUT2D eigenvalue weighted by Crippen LogP contribution is -2.32. The third-order valence-electron chi connectivity index (χ3n) is 4.51. The van der Waals surface area contributed by atoms with Gasteiger partial charge in [0.15, 0.2) is 0 Å². The fourth-order valence-electron chi connectivity index (χ4n) is 3.31. The lowest BCUT2D eigenvalue weighted by molar-refractivity contribution is -0.145. The van der Waals surface area contributed by atoms with Crippen molar-refractivity contribution in [2.45, 2.75) is 24.7 Å². The summed E-state index contributed by atoms with van der Waals surface area (Å²) >= 11 is 0. The number of rotatable bonds is 7. The normalized spacial score (nSPS) is 13.0. The second-order valence-corrected chi connectivity index (χ2v) is 6.43. The molecule has 0 radical (unpaired) electrons. The largest absolute Gasteiger partial charge is 0.481 e. The molecule has 0 aliphatic heterocycles. The number of halogens is 2. The molecule has 0 saturated carbocycles. The van der Waals surface area contributed by atoms with Crippen LogP contribution in [0.5, 0.6) is 0 Å². The van der Waals surface area contributed by atoms with Crippen LogP contribution >= 0.6 is 0 Å². The zero-order chi connectivity index (χ0) is 19.4. The summed E-state index contributed by atoms with van der Waals surface area (Å²) in [5.41, 5.74) is 4.30. The Morgan fingerprint density at radius 2 is 1.59 bits per heavy atom. The minimum Gasteiger partial charge on any atom is -0.481 e. The van der Waals surface area contributed by atoms with Crippen LogP contribution in [-0.2, 0) is 9.53 Å². The third-order valence-corrected chi connectivity index (χ3v) is 4.51. The summed E-state index contributed by atoms with van der Waals surface area (Å²) in [6.45, 7) is -0.275. The highest BCUT2D eigenvalue weighted by molar-refractivity contribution is 5.79. The van der Waals surface area contributed by atoms with Gasteiger partial charge in [0.25, 0.3) is 5.92 Å². The van der Waals surface area contributed by atoms with Gasteiger partial charge in [-0.25, -0.2) is 13.6 Å². The molecule has 3 rings (SSSR count). The molecule has 7 heteroatoms. The highest BCUT2D eigenvalue weighted by atomic mass is 19.3. The number of alkyl halides is 2. The Hall–Kier alpha value is -2.96. The topological polar surface area (TPSA) is 75.6 Å². The van der Waals surface area contributed by atoms with E-state index in [4.69, 9.17) is 9.84 Å². The van der Waals surface area contributed by atoms with E-state index in [9.17, 15) is 18.4 Å². The summed E-state index contributed by atoms with van der Waals surface area (Å²) in [6.07, 6.45) is -2.83. The Kier molecular flexibility index (Phi) is 5.39. The quantitative estimate of drug-likeness (QED) is 0.766. The van der Waals surface area contributed by atoms with E-state index in [0.717, 1.165) is 22.3 Å². The first-order valence-electron chi connectivity index (χ1n) is 8.56. The molecule has 0 aromatic heterocycles. The van der Waals surface area contributed by atoms with Crippen molar-refractivity contribution in [1.82, 2.24) is 5.32 Å². The van der Waals surface area contributed by atoms with Crippen molar-refractivity contribution in [1.29, 1.82) is 0 Å². The molecule has 0 saturated heterocycles. The summed E-state index contributed by atoms with van der Waals surface area (Å²) in [5, 5.41) is 10.7. The van der Waals surface area contributed by atoms with Gasteiger partial charge in [-0.3, -0.25) is 4.79 Å². The first-order chi connectivity index (χ1) is 12.9. The molecule has 27 heavy (non-hydrogen) atoms. The molecule has 0 spiro atoms. The van der Waals surface area contributed by atoms with Gasteiger partial charge in [-0.05, 0) is 22.3 Å². The summed E-state index contributed by atoms with van der Waals surface area (Å²) in [4.78, 5) is 22.2. The van der Waals surface area contributed by atoms with E-state index in [1.54, 1.807) is 0 Å². The van der Waals surface area contributed by atoms with Gasteiger partial charge in [0, 0.05) is 18.9 Å². The van der Waals surface area contributed by atoms with Crippen LogP contribution in [0.2, 0.25) is 0 Å². The Balaban J connectivity index is 1.56. The van der Waals surface area contributed by atoms with Gasteiger partial charge >= 0.3 is 12.1 Å². The van der Waals surface area contributed by atoms with Crippen LogP contribution in [-0.4, -0.2) is 36.2 Å². The van der Waals surface area contributed by atoms with Crippen LogP contribution < -0.4 is 5.32 Å². The Morgan fingerprint density at radius 1 is 1.04 bits per heavy atom. The fourth-order valence-corrected chi connectivity index (χ4v) is 3.31. The van der Waals surface area contributed by atoms with Gasteiger partial charge in [0.05, 0.1) is 0 Å². The molecular formula is C20H19F2NO4. The number of hydrogen-bond acceptors (Lipinski definition) is 3. The second kappa shape index (κ2) is 7.73. The molecule has 1 aliphatic carbocycles. The summed E-state index contributed by atoms with van der Waals surface area (Å²) in [5.74, 6) is -5.07. The van der Waals surface area contributed by atoms with E-state index in [2.05, 4.69) is 5.32 Å². The van der Waals surface area contributed by atoms with Crippen LogP contribution in [0.4, 0.5) is 13.6 Å².